The topological polar surface area (TPSA) is 57.5 Å². The molecule has 0 bridgehead atoms. The molecule has 146 valence electrons. The normalized spacial score (nSPS) is 10.9. The molecule has 3 aromatic rings. The van der Waals surface area contributed by atoms with Crippen LogP contribution in [0.4, 0.5) is 0 Å². The van der Waals surface area contributed by atoms with Crippen molar-refractivity contribution in [3.05, 3.63) is 62.2 Å². The van der Waals surface area contributed by atoms with Gasteiger partial charge in [-0.3, -0.25) is 14.2 Å². The molecular weight excluding hydrogens is 425 g/mol. The van der Waals surface area contributed by atoms with E-state index in [0.717, 1.165) is 0 Å². The van der Waals surface area contributed by atoms with Crippen LogP contribution in [0.15, 0.2) is 30.3 Å². The van der Waals surface area contributed by atoms with Crippen LogP contribution in [-0.4, -0.2) is 30.7 Å². The van der Waals surface area contributed by atoms with Gasteiger partial charge in [-0.1, -0.05) is 34.8 Å². The molecule has 0 spiro atoms. The zero-order valence-corrected chi connectivity index (χ0v) is 17.6. The van der Waals surface area contributed by atoms with Crippen LogP contribution in [0.1, 0.15) is 21.6 Å². The minimum absolute atomic E-state index is 0.00830. The van der Waals surface area contributed by atoms with E-state index in [-0.39, 0.29) is 22.0 Å². The Labute approximate surface area is 176 Å². The largest absolute Gasteiger partial charge is 0.497 e. The maximum Gasteiger partial charge on any atom is 0.310 e. The van der Waals surface area contributed by atoms with Crippen LogP contribution in [0, 0.1) is 6.92 Å². The Morgan fingerprint density at radius 3 is 2.25 bits per heavy atom. The highest BCUT2D eigenvalue weighted by Crippen LogP contribution is 2.34. The van der Waals surface area contributed by atoms with Gasteiger partial charge in [-0.15, -0.1) is 0 Å². The summed E-state index contributed by atoms with van der Waals surface area (Å²) in [7, 11) is 2.86. The predicted molar refractivity (Wildman–Crippen MR) is 110 cm³/mol. The first kappa shape index (κ1) is 20.5. The zero-order chi connectivity index (χ0) is 20.6. The lowest BCUT2D eigenvalue weighted by molar-refractivity contribution is -0.139. The van der Waals surface area contributed by atoms with Crippen LogP contribution < -0.4 is 4.74 Å². The minimum Gasteiger partial charge on any atom is -0.497 e. The second kappa shape index (κ2) is 8.03. The SMILES string of the molecule is COC(=O)Cc1c(C)n(C(=O)c2c(Cl)cc(Cl)cc2Cl)c2ccc(OC)cc12. The fraction of sp³-hybridized carbons (Fsp3) is 0.200. The summed E-state index contributed by atoms with van der Waals surface area (Å²) in [6, 6.07) is 8.18. The number of benzene rings is 2. The van der Waals surface area contributed by atoms with Gasteiger partial charge in [0.25, 0.3) is 5.91 Å². The summed E-state index contributed by atoms with van der Waals surface area (Å²) in [5.41, 5.74) is 1.98. The maximum atomic E-state index is 13.4. The van der Waals surface area contributed by atoms with Gasteiger partial charge in [-0.25, -0.2) is 0 Å². The first-order chi connectivity index (χ1) is 13.3. The van der Waals surface area contributed by atoms with Gasteiger partial charge in [0.2, 0.25) is 0 Å². The third-order valence-corrected chi connectivity index (χ3v) is 5.33. The summed E-state index contributed by atoms with van der Waals surface area (Å²) < 4.78 is 11.6. The molecule has 5 nitrogen and oxygen atoms in total. The Morgan fingerprint density at radius 2 is 1.68 bits per heavy atom. The fourth-order valence-electron chi connectivity index (χ4n) is 3.15. The summed E-state index contributed by atoms with van der Waals surface area (Å²) in [6.07, 6.45) is 0.00830. The van der Waals surface area contributed by atoms with Gasteiger partial charge < -0.3 is 9.47 Å². The summed E-state index contributed by atoms with van der Waals surface area (Å²) in [4.78, 5) is 25.3. The molecule has 3 rings (SSSR count). The van der Waals surface area contributed by atoms with E-state index in [1.807, 2.05) is 0 Å². The van der Waals surface area contributed by atoms with Crippen molar-refractivity contribution >= 4 is 57.6 Å². The zero-order valence-electron chi connectivity index (χ0n) is 15.3. The Balaban J connectivity index is 2.28. The number of halogens is 3. The highest BCUT2D eigenvalue weighted by Gasteiger charge is 2.25. The number of rotatable bonds is 4. The van der Waals surface area contributed by atoms with Crippen LogP contribution in [0.25, 0.3) is 10.9 Å². The molecule has 1 heterocycles. The highest BCUT2D eigenvalue weighted by atomic mass is 35.5. The monoisotopic (exact) mass is 439 g/mol. The molecule has 0 saturated heterocycles. The number of fused-ring (bicyclic) bond motifs is 1. The molecule has 0 atom stereocenters. The lowest BCUT2D eigenvalue weighted by Crippen LogP contribution is -2.15. The standard InChI is InChI=1S/C20H16Cl3NO4/c1-10-13(9-18(25)28-3)14-8-12(27-2)4-5-17(14)24(10)20(26)19-15(22)6-11(21)7-16(19)23/h4-8H,9H2,1-3H3. The smallest absolute Gasteiger partial charge is 0.310 e. The third kappa shape index (κ3) is 3.58. The summed E-state index contributed by atoms with van der Waals surface area (Å²) in [6.45, 7) is 1.75. The van der Waals surface area contributed by atoms with Gasteiger partial charge in [0, 0.05) is 16.1 Å². The molecule has 8 heteroatoms. The number of aromatic nitrogens is 1. The van der Waals surface area contributed by atoms with Crippen LogP contribution in [0.3, 0.4) is 0 Å². The first-order valence-corrected chi connectivity index (χ1v) is 9.35. The van der Waals surface area contributed by atoms with Crippen LogP contribution in [0.2, 0.25) is 15.1 Å². The number of carbonyl (C=O) groups excluding carboxylic acids is 2. The molecule has 28 heavy (non-hydrogen) atoms. The molecule has 0 aliphatic carbocycles. The Bertz CT molecular complexity index is 1080. The predicted octanol–water partition coefficient (Wildman–Crippen LogP) is 5.32. The van der Waals surface area contributed by atoms with Crippen molar-refractivity contribution in [3.63, 3.8) is 0 Å². The van der Waals surface area contributed by atoms with E-state index >= 15 is 0 Å². The van der Waals surface area contributed by atoms with Crippen LogP contribution in [-0.2, 0) is 16.0 Å². The molecule has 0 fully saturated rings. The van der Waals surface area contributed by atoms with Crippen molar-refractivity contribution in [2.45, 2.75) is 13.3 Å². The number of nitrogens with zero attached hydrogens (tertiary/aromatic N) is 1. The second-order valence-electron chi connectivity index (χ2n) is 6.08. The quantitative estimate of drug-likeness (QED) is 0.515. The molecule has 0 saturated carbocycles. The van der Waals surface area contributed by atoms with E-state index in [9.17, 15) is 9.59 Å². The molecule has 1 aromatic heterocycles. The average Bonchev–Trinajstić information content (AvgIpc) is 2.91. The number of hydrogen-bond acceptors (Lipinski definition) is 4. The van der Waals surface area contributed by atoms with E-state index in [2.05, 4.69) is 0 Å². The summed E-state index contributed by atoms with van der Waals surface area (Å²) >= 11 is 18.5. The maximum absolute atomic E-state index is 13.4. The molecular formula is C20H16Cl3NO4. The van der Waals surface area contributed by atoms with Crippen molar-refractivity contribution in [1.29, 1.82) is 0 Å². The molecule has 0 amide bonds. The second-order valence-corrected chi connectivity index (χ2v) is 7.34. The van der Waals surface area contributed by atoms with Gasteiger partial charge in [-0.2, -0.15) is 0 Å². The number of carbonyl (C=O) groups is 2. The first-order valence-electron chi connectivity index (χ1n) is 8.22. The fourth-order valence-corrected chi connectivity index (χ4v) is 4.13. The lowest BCUT2D eigenvalue weighted by atomic mass is 10.1. The highest BCUT2D eigenvalue weighted by molar-refractivity contribution is 6.42. The number of ether oxygens (including phenoxy) is 2. The van der Waals surface area contributed by atoms with Gasteiger partial charge in [0.1, 0.15) is 5.75 Å². The summed E-state index contributed by atoms with van der Waals surface area (Å²) in [5, 5.41) is 1.33. The van der Waals surface area contributed by atoms with Crippen molar-refractivity contribution < 1.29 is 19.1 Å². The molecule has 0 unspecified atom stereocenters. The van der Waals surface area contributed by atoms with E-state index in [1.165, 1.54) is 23.8 Å². The van der Waals surface area contributed by atoms with Crippen LogP contribution >= 0.6 is 34.8 Å². The van der Waals surface area contributed by atoms with Crippen molar-refractivity contribution in [3.8, 4) is 5.75 Å². The Kier molecular flexibility index (Phi) is 5.89. The molecule has 2 aromatic carbocycles. The molecule has 0 aliphatic heterocycles. The van der Waals surface area contributed by atoms with E-state index in [4.69, 9.17) is 44.3 Å². The van der Waals surface area contributed by atoms with Gasteiger partial charge >= 0.3 is 5.97 Å². The number of esters is 1. The van der Waals surface area contributed by atoms with Gasteiger partial charge in [0.05, 0.1) is 41.8 Å². The third-order valence-electron chi connectivity index (χ3n) is 4.51. The Hall–Kier alpha value is -2.21. The van der Waals surface area contributed by atoms with Gasteiger partial charge in [0.15, 0.2) is 0 Å². The Morgan fingerprint density at radius 1 is 1.04 bits per heavy atom. The van der Waals surface area contributed by atoms with Crippen molar-refractivity contribution in [2.24, 2.45) is 0 Å². The van der Waals surface area contributed by atoms with Gasteiger partial charge in [-0.05, 0) is 42.8 Å². The molecule has 0 radical (unpaired) electrons. The number of methoxy groups -OCH3 is 2. The summed E-state index contributed by atoms with van der Waals surface area (Å²) in [5.74, 6) is -0.235. The van der Waals surface area contributed by atoms with E-state index in [0.29, 0.717) is 32.9 Å². The van der Waals surface area contributed by atoms with Crippen LogP contribution in [0.5, 0.6) is 5.75 Å². The number of hydrogen-bond donors (Lipinski definition) is 0. The average molecular weight is 441 g/mol. The van der Waals surface area contributed by atoms with Crippen molar-refractivity contribution in [1.82, 2.24) is 4.57 Å². The van der Waals surface area contributed by atoms with E-state index in [1.54, 1.807) is 32.2 Å². The molecule has 0 N–H and O–H groups in total. The van der Waals surface area contributed by atoms with E-state index < -0.39 is 11.9 Å². The minimum atomic E-state index is -0.421. The lowest BCUT2D eigenvalue weighted by Gasteiger charge is -2.11. The molecule has 0 aliphatic rings. The van der Waals surface area contributed by atoms with Crippen molar-refractivity contribution in [2.75, 3.05) is 14.2 Å².